The fourth-order valence-corrected chi connectivity index (χ4v) is 2.21. The summed E-state index contributed by atoms with van der Waals surface area (Å²) in [6.45, 7) is 5.17. The number of hydrogen-bond acceptors (Lipinski definition) is 2. The van der Waals surface area contributed by atoms with Gasteiger partial charge >= 0.3 is 0 Å². The normalized spacial score (nSPS) is 29.1. The maximum absolute atomic E-state index is 5.68. The molecule has 0 radical (unpaired) electrons. The zero-order chi connectivity index (χ0) is 9.84. The van der Waals surface area contributed by atoms with Gasteiger partial charge in [0.05, 0.1) is 12.7 Å². The van der Waals surface area contributed by atoms with Crippen LogP contribution >= 0.6 is 0 Å². The molecule has 13 heavy (non-hydrogen) atoms. The van der Waals surface area contributed by atoms with E-state index in [-0.39, 0.29) is 0 Å². The quantitative estimate of drug-likeness (QED) is 0.665. The molecule has 2 heteroatoms. The minimum atomic E-state index is 0.378. The van der Waals surface area contributed by atoms with Crippen molar-refractivity contribution in [3.63, 3.8) is 0 Å². The summed E-state index contributed by atoms with van der Waals surface area (Å²) >= 11 is 0. The van der Waals surface area contributed by atoms with Gasteiger partial charge in [-0.15, -0.1) is 0 Å². The van der Waals surface area contributed by atoms with Crippen LogP contribution < -0.4 is 0 Å². The van der Waals surface area contributed by atoms with E-state index in [0.717, 1.165) is 18.6 Å². The predicted molar refractivity (Wildman–Crippen MR) is 55.9 cm³/mol. The second kappa shape index (κ2) is 4.97. The van der Waals surface area contributed by atoms with Gasteiger partial charge in [0, 0.05) is 6.04 Å². The number of nitrogens with zero attached hydrogens (tertiary/aromatic N) is 1. The van der Waals surface area contributed by atoms with Gasteiger partial charge in [0.25, 0.3) is 0 Å². The summed E-state index contributed by atoms with van der Waals surface area (Å²) in [6.07, 6.45) is 4.44. The molecule has 1 aliphatic carbocycles. The van der Waals surface area contributed by atoms with E-state index >= 15 is 0 Å². The Morgan fingerprint density at radius 2 is 2.00 bits per heavy atom. The zero-order valence-corrected chi connectivity index (χ0v) is 9.42. The first-order valence-electron chi connectivity index (χ1n) is 5.39. The third kappa shape index (κ3) is 3.28. The Bertz CT molecular complexity index is 145. The third-order valence-electron chi connectivity index (χ3n) is 2.93. The van der Waals surface area contributed by atoms with Gasteiger partial charge in [-0.3, -0.25) is 0 Å². The Kier molecular flexibility index (Phi) is 4.20. The number of ether oxygens (including phenoxy) is 1. The zero-order valence-electron chi connectivity index (χ0n) is 9.42. The monoisotopic (exact) mass is 185 g/mol. The molecule has 0 amide bonds. The van der Waals surface area contributed by atoms with Crippen LogP contribution in [0.15, 0.2) is 0 Å². The highest BCUT2D eigenvalue weighted by atomic mass is 16.5. The van der Waals surface area contributed by atoms with E-state index in [1.807, 2.05) is 0 Å². The molecule has 0 aromatic rings. The topological polar surface area (TPSA) is 12.5 Å². The molecule has 0 unspecified atom stereocenters. The lowest BCUT2D eigenvalue weighted by atomic mass is 10.0. The van der Waals surface area contributed by atoms with E-state index in [1.54, 1.807) is 0 Å². The van der Waals surface area contributed by atoms with Crippen LogP contribution in [0, 0.1) is 5.92 Å². The summed E-state index contributed by atoms with van der Waals surface area (Å²) in [5, 5.41) is 0. The van der Waals surface area contributed by atoms with Crippen molar-refractivity contribution in [2.45, 2.75) is 45.3 Å². The first-order chi connectivity index (χ1) is 6.11. The fourth-order valence-electron chi connectivity index (χ4n) is 2.21. The summed E-state index contributed by atoms with van der Waals surface area (Å²) in [4.78, 5) is 2.35. The molecule has 0 saturated heterocycles. The van der Waals surface area contributed by atoms with Crippen LogP contribution in [0.25, 0.3) is 0 Å². The number of rotatable bonds is 4. The molecule has 2 nitrogen and oxygen atoms in total. The van der Waals surface area contributed by atoms with E-state index < -0.39 is 0 Å². The molecule has 1 aliphatic rings. The van der Waals surface area contributed by atoms with Crippen molar-refractivity contribution >= 4 is 0 Å². The maximum Gasteiger partial charge on any atom is 0.0519 e. The largest absolute Gasteiger partial charge is 0.378 e. The van der Waals surface area contributed by atoms with Crippen molar-refractivity contribution in [3.05, 3.63) is 0 Å². The minimum absolute atomic E-state index is 0.378. The van der Waals surface area contributed by atoms with E-state index in [4.69, 9.17) is 4.74 Å². The molecular formula is C11H23NO. The molecule has 78 valence electrons. The maximum atomic E-state index is 5.68. The molecular weight excluding hydrogens is 162 g/mol. The van der Waals surface area contributed by atoms with Crippen molar-refractivity contribution in [2.24, 2.45) is 5.92 Å². The molecule has 0 heterocycles. The lowest BCUT2D eigenvalue weighted by Gasteiger charge is -2.26. The van der Waals surface area contributed by atoms with Crippen LogP contribution in [0.3, 0.4) is 0 Å². The first-order valence-corrected chi connectivity index (χ1v) is 5.39. The van der Waals surface area contributed by atoms with Gasteiger partial charge in [-0.05, 0) is 46.7 Å². The second-order valence-corrected chi connectivity index (χ2v) is 4.60. The van der Waals surface area contributed by atoms with Crippen molar-refractivity contribution in [3.8, 4) is 0 Å². The molecule has 1 saturated carbocycles. The van der Waals surface area contributed by atoms with Gasteiger partial charge in [-0.25, -0.2) is 0 Å². The van der Waals surface area contributed by atoms with E-state index in [2.05, 4.69) is 32.8 Å². The van der Waals surface area contributed by atoms with E-state index in [0.29, 0.717) is 6.10 Å². The molecule has 0 bridgehead atoms. The standard InChI is InChI=1S/C11H23NO/c1-9(2)13-8-10-6-5-7-11(10)12(3)4/h9-11H,5-8H2,1-4H3/t10-,11-/m0/s1. The molecule has 0 aromatic carbocycles. The van der Waals surface area contributed by atoms with Crippen LogP contribution in [0.4, 0.5) is 0 Å². The molecule has 0 N–H and O–H groups in total. The summed E-state index contributed by atoms with van der Waals surface area (Å²) in [7, 11) is 4.36. The van der Waals surface area contributed by atoms with Crippen LogP contribution in [0.2, 0.25) is 0 Å². The Hall–Kier alpha value is -0.0800. The van der Waals surface area contributed by atoms with E-state index in [1.165, 1.54) is 19.3 Å². The molecule has 1 fully saturated rings. The van der Waals surface area contributed by atoms with Gasteiger partial charge in [0.2, 0.25) is 0 Å². The smallest absolute Gasteiger partial charge is 0.0519 e. The van der Waals surface area contributed by atoms with Crippen LogP contribution in [-0.2, 0) is 4.74 Å². The van der Waals surface area contributed by atoms with Crippen LogP contribution in [-0.4, -0.2) is 37.7 Å². The van der Waals surface area contributed by atoms with Gasteiger partial charge in [-0.2, -0.15) is 0 Å². The SMILES string of the molecule is CC(C)OC[C@@H]1CCC[C@@H]1N(C)C. The summed E-state index contributed by atoms with van der Waals surface area (Å²) in [5.74, 6) is 0.761. The van der Waals surface area contributed by atoms with Crippen LogP contribution in [0.1, 0.15) is 33.1 Å². The van der Waals surface area contributed by atoms with Crippen molar-refractivity contribution in [1.29, 1.82) is 0 Å². The van der Waals surface area contributed by atoms with Crippen LogP contribution in [0.5, 0.6) is 0 Å². The fraction of sp³-hybridized carbons (Fsp3) is 1.00. The first kappa shape index (κ1) is 11.0. The van der Waals surface area contributed by atoms with Crippen molar-refractivity contribution in [2.75, 3.05) is 20.7 Å². The Morgan fingerprint density at radius 3 is 2.54 bits per heavy atom. The molecule has 0 aliphatic heterocycles. The van der Waals surface area contributed by atoms with Crippen molar-refractivity contribution < 1.29 is 4.74 Å². The molecule has 0 aromatic heterocycles. The van der Waals surface area contributed by atoms with Gasteiger partial charge < -0.3 is 9.64 Å². The van der Waals surface area contributed by atoms with Gasteiger partial charge in [0.1, 0.15) is 0 Å². The Balaban J connectivity index is 2.31. The lowest BCUT2D eigenvalue weighted by Crippen LogP contribution is -2.34. The summed E-state index contributed by atoms with van der Waals surface area (Å²) in [5.41, 5.74) is 0. The van der Waals surface area contributed by atoms with E-state index in [9.17, 15) is 0 Å². The predicted octanol–water partition coefficient (Wildman–Crippen LogP) is 2.14. The third-order valence-corrected chi connectivity index (χ3v) is 2.93. The highest BCUT2D eigenvalue weighted by Crippen LogP contribution is 2.28. The lowest BCUT2D eigenvalue weighted by molar-refractivity contribution is 0.0349. The summed E-state index contributed by atoms with van der Waals surface area (Å²) in [6, 6.07) is 0.749. The molecule has 0 spiro atoms. The number of hydrogen-bond donors (Lipinski definition) is 0. The minimum Gasteiger partial charge on any atom is -0.378 e. The summed E-state index contributed by atoms with van der Waals surface area (Å²) < 4.78 is 5.68. The second-order valence-electron chi connectivity index (χ2n) is 4.60. The average molecular weight is 185 g/mol. The van der Waals surface area contributed by atoms with Crippen molar-refractivity contribution in [1.82, 2.24) is 4.90 Å². The highest BCUT2D eigenvalue weighted by molar-refractivity contribution is 4.82. The Morgan fingerprint density at radius 1 is 1.31 bits per heavy atom. The average Bonchev–Trinajstić information content (AvgIpc) is 2.47. The Labute approximate surface area is 82.3 Å². The van der Waals surface area contributed by atoms with Gasteiger partial charge in [-0.1, -0.05) is 6.42 Å². The van der Waals surface area contributed by atoms with Gasteiger partial charge in [0.15, 0.2) is 0 Å². The molecule has 1 rings (SSSR count). The molecule has 2 atom stereocenters. The highest BCUT2D eigenvalue weighted by Gasteiger charge is 2.28.